The summed E-state index contributed by atoms with van der Waals surface area (Å²) in [6.45, 7) is 1.52. The van der Waals surface area contributed by atoms with Gasteiger partial charge in [-0.3, -0.25) is 20.9 Å². The molecule has 9 nitrogen and oxygen atoms in total. The Morgan fingerprint density at radius 3 is 2.62 bits per heavy atom. The highest BCUT2D eigenvalue weighted by Crippen LogP contribution is 2.32. The number of halogens is 1. The van der Waals surface area contributed by atoms with Crippen LogP contribution in [0.3, 0.4) is 0 Å². The van der Waals surface area contributed by atoms with E-state index in [1.807, 2.05) is 0 Å². The lowest BCUT2D eigenvalue weighted by molar-refractivity contribution is -0.385. The van der Waals surface area contributed by atoms with Gasteiger partial charge in [0.1, 0.15) is 17.3 Å². The van der Waals surface area contributed by atoms with Gasteiger partial charge in [-0.1, -0.05) is 6.07 Å². The van der Waals surface area contributed by atoms with Gasteiger partial charge in [0.05, 0.1) is 10.6 Å². The van der Waals surface area contributed by atoms with Crippen molar-refractivity contribution in [3.8, 4) is 5.75 Å². The predicted octanol–water partition coefficient (Wildman–Crippen LogP) is 1.45. The van der Waals surface area contributed by atoms with Gasteiger partial charge in [-0.15, -0.1) is 17.2 Å². The van der Waals surface area contributed by atoms with E-state index in [1.165, 1.54) is 13.0 Å². The average molecular weight is 375 g/mol. The number of hydrogen-bond donors (Lipinski definition) is 2. The Morgan fingerprint density at radius 2 is 2.08 bits per heavy atom. The number of hydrazine groups is 1. The lowest BCUT2D eigenvalue weighted by Crippen LogP contribution is -2.30. The fourth-order valence-corrected chi connectivity index (χ4v) is 2.77. The zero-order valence-electron chi connectivity index (χ0n) is 12.5. The smallest absolute Gasteiger partial charge is 0.271 e. The summed E-state index contributed by atoms with van der Waals surface area (Å²) in [6.07, 6.45) is 1.57. The molecule has 0 saturated carbocycles. The number of aromatic nitrogens is 1. The van der Waals surface area contributed by atoms with Gasteiger partial charge in [0.2, 0.25) is 0 Å². The molecule has 0 spiro atoms. The highest BCUT2D eigenvalue weighted by atomic mass is 35.5. The number of benzene rings is 1. The Kier molecular flexibility index (Phi) is 6.60. The van der Waals surface area contributed by atoms with Gasteiger partial charge in [-0.2, -0.15) is 0 Å². The molecule has 11 heteroatoms. The number of pyridine rings is 1. The first-order chi connectivity index (χ1) is 10.8. The molecule has 3 N–H and O–H groups in total. The van der Waals surface area contributed by atoms with E-state index in [0.29, 0.717) is 11.3 Å². The topological polar surface area (TPSA) is 137 Å². The number of nitrogens with zero attached hydrogens (tertiary/aromatic N) is 2. The second-order valence-electron chi connectivity index (χ2n) is 4.58. The van der Waals surface area contributed by atoms with E-state index in [4.69, 9.17) is 10.6 Å². The molecule has 0 bridgehead atoms. The van der Waals surface area contributed by atoms with Gasteiger partial charge in [-0.05, 0) is 24.6 Å². The first-order valence-electron chi connectivity index (χ1n) is 6.39. The number of hydrogen-bond acceptors (Lipinski definition) is 7. The Morgan fingerprint density at radius 1 is 1.38 bits per heavy atom. The molecule has 1 aromatic carbocycles. The Bertz CT molecular complexity index is 830. The van der Waals surface area contributed by atoms with Crippen molar-refractivity contribution in [2.75, 3.05) is 0 Å². The Labute approximate surface area is 144 Å². The minimum Gasteiger partial charge on any atom is -0.486 e. The lowest BCUT2D eigenvalue weighted by atomic mass is 10.2. The van der Waals surface area contributed by atoms with Crippen molar-refractivity contribution in [3.63, 3.8) is 0 Å². The molecule has 0 radical (unpaired) electrons. The lowest BCUT2D eigenvalue weighted by Gasteiger charge is -2.13. The third-order valence-corrected chi connectivity index (χ3v) is 4.16. The standard InChI is InChI=1S/C13H14N4O5S.ClH/c1-9-6-11(17(18)19)7-12(23(20,21)16-14)13(9)22-8-10-4-2-3-5-15-10;/h2-7,16H,8,14H2,1H3;1H. The van der Waals surface area contributed by atoms with Crippen LogP contribution in [0.15, 0.2) is 41.4 Å². The van der Waals surface area contributed by atoms with E-state index in [0.717, 1.165) is 6.07 Å². The molecule has 2 aromatic rings. The van der Waals surface area contributed by atoms with Crippen LogP contribution >= 0.6 is 12.4 Å². The Balaban J connectivity index is 0.00000288. The van der Waals surface area contributed by atoms with Gasteiger partial charge < -0.3 is 4.74 Å². The van der Waals surface area contributed by atoms with Crippen molar-refractivity contribution in [3.05, 3.63) is 57.9 Å². The van der Waals surface area contributed by atoms with Crippen LogP contribution in [0.25, 0.3) is 0 Å². The molecule has 0 unspecified atom stereocenters. The quantitative estimate of drug-likeness (QED) is 0.443. The number of non-ortho nitro benzene ring substituents is 1. The summed E-state index contributed by atoms with van der Waals surface area (Å²) < 4.78 is 29.5. The number of nitro benzene ring substituents is 1. The molecule has 0 atom stereocenters. The summed E-state index contributed by atoms with van der Waals surface area (Å²) in [5, 5.41) is 10.9. The summed E-state index contributed by atoms with van der Waals surface area (Å²) in [5.41, 5.74) is 0.500. The van der Waals surface area contributed by atoms with Crippen LogP contribution in [0, 0.1) is 17.0 Å². The molecule has 0 aliphatic carbocycles. The van der Waals surface area contributed by atoms with E-state index in [1.54, 1.807) is 29.2 Å². The van der Waals surface area contributed by atoms with Gasteiger partial charge in [0, 0.05) is 18.3 Å². The largest absolute Gasteiger partial charge is 0.486 e. The number of nitrogens with two attached hydrogens (primary N) is 1. The van der Waals surface area contributed by atoms with E-state index in [-0.39, 0.29) is 30.5 Å². The van der Waals surface area contributed by atoms with Crippen molar-refractivity contribution >= 4 is 28.1 Å². The molecule has 0 aliphatic rings. The summed E-state index contributed by atoms with van der Waals surface area (Å²) in [7, 11) is -4.13. The predicted molar refractivity (Wildman–Crippen MR) is 88.2 cm³/mol. The third kappa shape index (κ3) is 4.38. The van der Waals surface area contributed by atoms with Gasteiger partial charge >= 0.3 is 0 Å². The SMILES string of the molecule is Cc1cc([N+](=O)[O-])cc(S(=O)(=O)NN)c1OCc1ccccn1.Cl. The number of rotatable bonds is 6. The summed E-state index contributed by atoms with van der Waals surface area (Å²) in [6, 6.07) is 7.32. The fourth-order valence-electron chi connectivity index (χ4n) is 1.91. The maximum atomic E-state index is 12.0. The van der Waals surface area contributed by atoms with Crippen molar-refractivity contribution in [1.29, 1.82) is 0 Å². The van der Waals surface area contributed by atoms with Crippen LogP contribution in [-0.4, -0.2) is 18.3 Å². The minimum atomic E-state index is -4.13. The number of ether oxygens (including phenoxy) is 1. The summed E-state index contributed by atoms with van der Waals surface area (Å²) in [4.78, 5) is 15.5. The highest BCUT2D eigenvalue weighted by Gasteiger charge is 2.25. The average Bonchev–Trinajstić information content (AvgIpc) is 2.53. The van der Waals surface area contributed by atoms with Crippen molar-refractivity contribution in [2.45, 2.75) is 18.4 Å². The van der Waals surface area contributed by atoms with E-state index >= 15 is 0 Å². The second kappa shape index (κ2) is 8.02. The van der Waals surface area contributed by atoms with Crippen molar-refractivity contribution in [2.24, 2.45) is 5.84 Å². The first kappa shape index (κ1) is 19.8. The van der Waals surface area contributed by atoms with Crippen LogP contribution in [0.4, 0.5) is 5.69 Å². The molecular formula is C13H15ClN4O5S. The second-order valence-corrected chi connectivity index (χ2v) is 6.26. The van der Waals surface area contributed by atoms with Crippen LogP contribution in [0.2, 0.25) is 0 Å². The minimum absolute atomic E-state index is 0. The van der Waals surface area contributed by atoms with Crippen LogP contribution in [0.1, 0.15) is 11.3 Å². The molecule has 130 valence electrons. The van der Waals surface area contributed by atoms with Gasteiger partial charge in [0.15, 0.2) is 0 Å². The summed E-state index contributed by atoms with van der Waals surface area (Å²) in [5.74, 6) is 5.00. The van der Waals surface area contributed by atoms with Gasteiger partial charge in [0.25, 0.3) is 15.7 Å². The Hall–Kier alpha value is -2.27. The zero-order chi connectivity index (χ0) is 17.0. The molecule has 1 aromatic heterocycles. The monoisotopic (exact) mass is 374 g/mol. The molecule has 0 saturated heterocycles. The molecule has 24 heavy (non-hydrogen) atoms. The first-order valence-corrected chi connectivity index (χ1v) is 7.87. The molecule has 0 aliphatic heterocycles. The van der Waals surface area contributed by atoms with E-state index in [9.17, 15) is 18.5 Å². The maximum absolute atomic E-state index is 12.0. The van der Waals surface area contributed by atoms with Crippen LogP contribution in [0.5, 0.6) is 5.75 Å². The normalized spacial score (nSPS) is 10.8. The van der Waals surface area contributed by atoms with E-state index in [2.05, 4.69) is 4.98 Å². The number of nitro groups is 1. The molecule has 0 amide bonds. The molecule has 1 heterocycles. The number of nitrogens with one attached hydrogen (secondary N) is 1. The van der Waals surface area contributed by atoms with Crippen LogP contribution in [-0.2, 0) is 16.6 Å². The van der Waals surface area contributed by atoms with Crippen molar-refractivity contribution < 1.29 is 18.1 Å². The molecule has 0 fully saturated rings. The number of aryl methyl sites for hydroxylation is 1. The molecule has 2 rings (SSSR count). The van der Waals surface area contributed by atoms with E-state index < -0.39 is 19.8 Å². The zero-order valence-corrected chi connectivity index (χ0v) is 14.1. The molecular weight excluding hydrogens is 360 g/mol. The maximum Gasteiger partial charge on any atom is 0.271 e. The third-order valence-electron chi connectivity index (χ3n) is 2.97. The highest BCUT2D eigenvalue weighted by molar-refractivity contribution is 7.89. The summed E-state index contributed by atoms with van der Waals surface area (Å²) >= 11 is 0. The van der Waals surface area contributed by atoms with Gasteiger partial charge in [-0.25, -0.2) is 8.42 Å². The van der Waals surface area contributed by atoms with Crippen LogP contribution < -0.4 is 15.4 Å². The number of sulfonamides is 1. The fraction of sp³-hybridized carbons (Fsp3) is 0.154. The van der Waals surface area contributed by atoms with Crippen molar-refractivity contribution in [1.82, 2.24) is 9.82 Å².